The second-order valence-corrected chi connectivity index (χ2v) is 3.22. The highest BCUT2D eigenvalue weighted by molar-refractivity contribution is 6.32. The number of hydrogen-bond donors (Lipinski definition) is 0. The van der Waals surface area contributed by atoms with Crippen molar-refractivity contribution in [2.45, 2.75) is 6.54 Å². The Labute approximate surface area is 86.7 Å². The number of amides is 1. The Balaban J connectivity index is 2.06. The molecule has 0 atom stereocenters. The van der Waals surface area contributed by atoms with E-state index in [0.29, 0.717) is 13.1 Å². The summed E-state index contributed by atoms with van der Waals surface area (Å²) in [6.07, 6.45) is 3.31. The lowest BCUT2D eigenvalue weighted by atomic mass is 10.2. The summed E-state index contributed by atoms with van der Waals surface area (Å²) in [7, 11) is 0. The van der Waals surface area contributed by atoms with E-state index >= 15 is 0 Å². The van der Waals surface area contributed by atoms with E-state index in [1.807, 2.05) is 12.1 Å². The van der Waals surface area contributed by atoms with Crippen molar-refractivity contribution >= 4 is 11.9 Å². The minimum atomic E-state index is -0.768. The third-order valence-corrected chi connectivity index (χ3v) is 2.18. The second-order valence-electron chi connectivity index (χ2n) is 3.22. The number of hydrogen-bond acceptors (Lipinski definition) is 4. The molecule has 0 aromatic carbocycles. The van der Waals surface area contributed by atoms with Gasteiger partial charge in [-0.2, -0.15) is 0 Å². The van der Waals surface area contributed by atoms with Crippen LogP contribution in [0.15, 0.2) is 24.5 Å². The van der Waals surface area contributed by atoms with Gasteiger partial charge in [-0.3, -0.25) is 9.78 Å². The molecule has 1 fully saturated rings. The molecule has 2 rings (SSSR count). The number of carbonyl (C=O) groups excluding carboxylic acids is 2. The summed E-state index contributed by atoms with van der Waals surface area (Å²) in [5, 5.41) is 0. The van der Waals surface area contributed by atoms with Crippen LogP contribution in [0.1, 0.15) is 5.56 Å². The molecule has 0 spiro atoms. The number of aromatic nitrogens is 1. The zero-order valence-electron chi connectivity index (χ0n) is 8.05. The van der Waals surface area contributed by atoms with Crippen LogP contribution < -0.4 is 0 Å². The molecule has 0 bridgehead atoms. The Morgan fingerprint density at radius 1 is 1.33 bits per heavy atom. The molecule has 1 aromatic rings. The Kier molecular flexibility index (Phi) is 2.62. The summed E-state index contributed by atoms with van der Waals surface area (Å²) in [6, 6.07) is 3.63. The number of cyclic esters (lactones) is 1. The Bertz CT molecular complexity index is 378. The van der Waals surface area contributed by atoms with Crippen molar-refractivity contribution in [3.05, 3.63) is 30.1 Å². The quantitative estimate of drug-likeness (QED) is 0.503. The summed E-state index contributed by atoms with van der Waals surface area (Å²) >= 11 is 0. The lowest BCUT2D eigenvalue weighted by molar-refractivity contribution is -0.166. The number of rotatable bonds is 2. The normalized spacial score (nSPS) is 16.4. The van der Waals surface area contributed by atoms with Gasteiger partial charge in [0.05, 0.1) is 6.54 Å². The molecule has 0 N–H and O–H groups in total. The maximum Gasteiger partial charge on any atom is 0.397 e. The van der Waals surface area contributed by atoms with Crippen molar-refractivity contribution < 1.29 is 14.3 Å². The van der Waals surface area contributed by atoms with Crippen LogP contribution in [-0.2, 0) is 20.9 Å². The summed E-state index contributed by atoms with van der Waals surface area (Å²) in [5.74, 6) is -1.34. The predicted octanol–water partition coefficient (Wildman–Crippen LogP) is -0.0330. The molecule has 2 heterocycles. The minimum absolute atomic E-state index is 0.273. The molecule has 5 heteroatoms. The van der Waals surface area contributed by atoms with Gasteiger partial charge in [0.15, 0.2) is 0 Å². The molecule has 1 aromatic heterocycles. The van der Waals surface area contributed by atoms with Gasteiger partial charge in [-0.25, -0.2) is 4.79 Å². The minimum Gasteiger partial charge on any atom is -0.457 e. The lowest BCUT2D eigenvalue weighted by Gasteiger charge is -2.25. The summed E-state index contributed by atoms with van der Waals surface area (Å²) in [6.45, 7) is 1.15. The molecule has 1 aliphatic heterocycles. The molecule has 15 heavy (non-hydrogen) atoms. The number of esters is 1. The third kappa shape index (κ3) is 2.12. The first-order valence-corrected chi connectivity index (χ1v) is 4.62. The van der Waals surface area contributed by atoms with Crippen molar-refractivity contribution in [2.24, 2.45) is 0 Å². The molecule has 5 nitrogen and oxygen atoms in total. The molecule has 0 radical (unpaired) electrons. The van der Waals surface area contributed by atoms with Crippen LogP contribution >= 0.6 is 0 Å². The lowest BCUT2D eigenvalue weighted by Crippen LogP contribution is -2.44. The average Bonchev–Trinajstić information content (AvgIpc) is 2.26. The van der Waals surface area contributed by atoms with E-state index < -0.39 is 11.9 Å². The van der Waals surface area contributed by atoms with Gasteiger partial charge in [-0.05, 0) is 17.7 Å². The van der Waals surface area contributed by atoms with Gasteiger partial charge in [0.25, 0.3) is 0 Å². The first kappa shape index (κ1) is 9.64. The largest absolute Gasteiger partial charge is 0.457 e. The molecule has 0 aliphatic carbocycles. The fourth-order valence-electron chi connectivity index (χ4n) is 1.40. The Morgan fingerprint density at radius 2 is 2.07 bits per heavy atom. The van der Waals surface area contributed by atoms with Gasteiger partial charge >= 0.3 is 11.9 Å². The first-order valence-electron chi connectivity index (χ1n) is 4.62. The van der Waals surface area contributed by atoms with Crippen molar-refractivity contribution in [3.63, 3.8) is 0 Å². The van der Waals surface area contributed by atoms with Crippen molar-refractivity contribution in [3.8, 4) is 0 Å². The maximum atomic E-state index is 11.4. The van der Waals surface area contributed by atoms with Gasteiger partial charge in [-0.1, -0.05) is 0 Å². The van der Waals surface area contributed by atoms with Crippen LogP contribution in [0.25, 0.3) is 0 Å². The number of ether oxygens (including phenoxy) is 1. The van der Waals surface area contributed by atoms with E-state index in [9.17, 15) is 9.59 Å². The van der Waals surface area contributed by atoms with E-state index in [1.54, 1.807) is 12.4 Å². The van der Waals surface area contributed by atoms with Crippen LogP contribution in [0, 0.1) is 0 Å². The monoisotopic (exact) mass is 206 g/mol. The topological polar surface area (TPSA) is 59.5 Å². The highest BCUT2D eigenvalue weighted by atomic mass is 16.5. The highest BCUT2D eigenvalue weighted by Crippen LogP contribution is 2.07. The zero-order chi connectivity index (χ0) is 10.7. The van der Waals surface area contributed by atoms with Crippen molar-refractivity contribution in [1.29, 1.82) is 0 Å². The van der Waals surface area contributed by atoms with Gasteiger partial charge < -0.3 is 9.64 Å². The van der Waals surface area contributed by atoms with Crippen LogP contribution in [0.5, 0.6) is 0 Å². The number of pyridine rings is 1. The number of nitrogens with zero attached hydrogens (tertiary/aromatic N) is 2. The zero-order valence-corrected chi connectivity index (χ0v) is 8.05. The molecule has 1 saturated heterocycles. The molecular formula is C10H10N2O3. The van der Waals surface area contributed by atoms with Gasteiger partial charge in [-0.15, -0.1) is 0 Å². The maximum absolute atomic E-state index is 11.4. The van der Waals surface area contributed by atoms with Crippen LogP contribution in [-0.4, -0.2) is 34.9 Å². The molecule has 78 valence electrons. The molecule has 0 unspecified atom stereocenters. The van der Waals surface area contributed by atoms with Crippen molar-refractivity contribution in [1.82, 2.24) is 9.88 Å². The molecule has 0 saturated carbocycles. The van der Waals surface area contributed by atoms with Gasteiger partial charge in [0.1, 0.15) is 6.61 Å². The van der Waals surface area contributed by atoms with E-state index in [-0.39, 0.29) is 6.61 Å². The van der Waals surface area contributed by atoms with Crippen LogP contribution in [0.2, 0.25) is 0 Å². The average molecular weight is 206 g/mol. The Hall–Kier alpha value is -1.91. The van der Waals surface area contributed by atoms with Crippen LogP contribution in [0.3, 0.4) is 0 Å². The second kappa shape index (κ2) is 4.08. The smallest absolute Gasteiger partial charge is 0.397 e. The summed E-state index contributed by atoms with van der Waals surface area (Å²) in [4.78, 5) is 27.7. The van der Waals surface area contributed by atoms with E-state index in [4.69, 9.17) is 0 Å². The Morgan fingerprint density at radius 3 is 2.80 bits per heavy atom. The third-order valence-electron chi connectivity index (χ3n) is 2.18. The van der Waals surface area contributed by atoms with Crippen molar-refractivity contribution in [2.75, 3.05) is 13.2 Å². The summed E-state index contributed by atoms with van der Waals surface area (Å²) in [5.41, 5.74) is 0.952. The number of carbonyl (C=O) groups is 2. The molecule has 1 amide bonds. The summed E-state index contributed by atoms with van der Waals surface area (Å²) < 4.78 is 4.62. The fourth-order valence-corrected chi connectivity index (χ4v) is 1.40. The standard InChI is InChI=1S/C10H10N2O3/c13-9-10(14)15-6-5-12(9)7-8-1-3-11-4-2-8/h1-4H,5-7H2. The highest BCUT2D eigenvalue weighted by Gasteiger charge is 2.27. The predicted molar refractivity (Wildman–Crippen MR) is 50.6 cm³/mol. The number of morpholine rings is 1. The van der Waals surface area contributed by atoms with Gasteiger partial charge in [0, 0.05) is 18.9 Å². The van der Waals surface area contributed by atoms with Crippen LogP contribution in [0.4, 0.5) is 0 Å². The van der Waals surface area contributed by atoms with E-state index in [0.717, 1.165) is 5.56 Å². The van der Waals surface area contributed by atoms with Gasteiger partial charge in [0.2, 0.25) is 0 Å². The molecular weight excluding hydrogens is 196 g/mol. The van der Waals surface area contributed by atoms with E-state index in [1.165, 1.54) is 4.90 Å². The SMILES string of the molecule is O=C1OCCN(Cc2ccncc2)C1=O. The van der Waals surface area contributed by atoms with E-state index in [2.05, 4.69) is 9.72 Å². The molecule has 1 aliphatic rings. The first-order chi connectivity index (χ1) is 7.27. The fraction of sp³-hybridized carbons (Fsp3) is 0.300.